The number of hydrogen-bond acceptors (Lipinski definition) is 5. The number of benzene rings is 2. The van der Waals surface area contributed by atoms with Crippen molar-refractivity contribution < 1.29 is 27.4 Å². The van der Waals surface area contributed by atoms with Gasteiger partial charge in [-0.05, 0) is 42.3 Å². The first-order valence-electron chi connectivity index (χ1n) is 7.39. The Balaban J connectivity index is 1.60. The molecule has 2 N–H and O–H groups in total. The Labute approximate surface area is 149 Å². The summed E-state index contributed by atoms with van der Waals surface area (Å²) in [6, 6.07) is 8.17. The van der Waals surface area contributed by atoms with E-state index in [4.69, 9.17) is 21.1 Å². The van der Waals surface area contributed by atoms with Crippen molar-refractivity contribution >= 4 is 21.6 Å². The van der Waals surface area contributed by atoms with Crippen LogP contribution in [0, 0.1) is 5.82 Å². The van der Waals surface area contributed by atoms with E-state index >= 15 is 0 Å². The summed E-state index contributed by atoms with van der Waals surface area (Å²) >= 11 is 5.60. The van der Waals surface area contributed by atoms with Crippen LogP contribution in [0.25, 0.3) is 0 Å². The summed E-state index contributed by atoms with van der Waals surface area (Å²) in [4.78, 5) is -0.142. The highest BCUT2D eigenvalue weighted by Crippen LogP contribution is 2.34. The zero-order valence-corrected chi connectivity index (χ0v) is 14.5. The minimum Gasteiger partial charge on any atom is -0.454 e. The molecule has 1 heterocycles. The third kappa shape index (κ3) is 4.04. The highest BCUT2D eigenvalue weighted by molar-refractivity contribution is 7.89. The Morgan fingerprint density at radius 1 is 1.20 bits per heavy atom. The van der Waals surface area contributed by atoms with E-state index in [1.54, 1.807) is 18.2 Å². The highest BCUT2D eigenvalue weighted by Gasteiger charge is 2.19. The van der Waals surface area contributed by atoms with Gasteiger partial charge in [-0.25, -0.2) is 17.5 Å². The first-order chi connectivity index (χ1) is 11.9. The van der Waals surface area contributed by atoms with Crippen LogP contribution in [0.1, 0.15) is 18.1 Å². The van der Waals surface area contributed by atoms with E-state index in [0.29, 0.717) is 17.1 Å². The standard InChI is InChI=1S/C16H15ClFNO5S/c17-12-8-11(2-3-13(12)18)25(21,22)19-6-5-14(20)10-1-4-15-16(7-10)24-9-23-15/h1-4,7-8,14,19-20H,5-6,9H2/t14-/m1/s1. The lowest BCUT2D eigenvalue weighted by Gasteiger charge is -2.13. The van der Waals surface area contributed by atoms with Crippen LogP contribution in [-0.4, -0.2) is 26.9 Å². The summed E-state index contributed by atoms with van der Waals surface area (Å²) in [5.74, 6) is 0.446. The van der Waals surface area contributed by atoms with E-state index in [0.717, 1.165) is 18.2 Å². The molecule has 0 bridgehead atoms. The molecule has 2 aromatic carbocycles. The summed E-state index contributed by atoms with van der Waals surface area (Å²) in [5.41, 5.74) is 0.591. The predicted molar refractivity (Wildman–Crippen MR) is 88.7 cm³/mol. The molecular weight excluding hydrogens is 373 g/mol. The van der Waals surface area contributed by atoms with Crippen molar-refractivity contribution in [1.82, 2.24) is 4.72 Å². The lowest BCUT2D eigenvalue weighted by molar-refractivity contribution is 0.166. The van der Waals surface area contributed by atoms with Crippen molar-refractivity contribution in [3.8, 4) is 11.5 Å². The number of aliphatic hydroxyl groups excluding tert-OH is 1. The molecule has 0 aliphatic carbocycles. The van der Waals surface area contributed by atoms with Crippen molar-refractivity contribution in [1.29, 1.82) is 0 Å². The molecule has 134 valence electrons. The van der Waals surface area contributed by atoms with Gasteiger partial charge in [0, 0.05) is 6.54 Å². The van der Waals surface area contributed by atoms with Crippen molar-refractivity contribution in [3.63, 3.8) is 0 Å². The van der Waals surface area contributed by atoms with E-state index < -0.39 is 21.9 Å². The molecular formula is C16H15ClFNO5S. The maximum absolute atomic E-state index is 13.1. The fourth-order valence-corrected chi connectivity index (χ4v) is 3.66. The minimum absolute atomic E-state index is 0.00701. The molecule has 0 fully saturated rings. The fourth-order valence-electron chi connectivity index (χ4n) is 2.34. The van der Waals surface area contributed by atoms with Crippen LogP contribution in [0.5, 0.6) is 11.5 Å². The third-order valence-corrected chi connectivity index (χ3v) is 5.44. The van der Waals surface area contributed by atoms with Crippen molar-refractivity contribution in [2.45, 2.75) is 17.4 Å². The molecule has 1 atom stereocenters. The van der Waals surface area contributed by atoms with Gasteiger partial charge < -0.3 is 14.6 Å². The second kappa shape index (κ2) is 7.17. The second-order valence-electron chi connectivity index (χ2n) is 5.39. The average molecular weight is 388 g/mol. The fraction of sp³-hybridized carbons (Fsp3) is 0.250. The molecule has 0 spiro atoms. The third-order valence-electron chi connectivity index (χ3n) is 3.69. The molecule has 25 heavy (non-hydrogen) atoms. The first-order valence-corrected chi connectivity index (χ1v) is 9.25. The van der Waals surface area contributed by atoms with Gasteiger partial charge >= 0.3 is 0 Å². The van der Waals surface area contributed by atoms with Gasteiger partial charge in [0.1, 0.15) is 5.82 Å². The summed E-state index contributed by atoms with van der Waals surface area (Å²) < 4.78 is 50.2. The summed E-state index contributed by atoms with van der Waals surface area (Å²) in [6.07, 6.45) is -0.734. The zero-order valence-electron chi connectivity index (χ0n) is 12.9. The molecule has 0 amide bonds. The monoisotopic (exact) mass is 387 g/mol. The molecule has 0 radical (unpaired) electrons. The van der Waals surface area contributed by atoms with Gasteiger partial charge in [0.15, 0.2) is 11.5 Å². The van der Waals surface area contributed by atoms with Gasteiger partial charge in [0.2, 0.25) is 16.8 Å². The second-order valence-corrected chi connectivity index (χ2v) is 7.57. The highest BCUT2D eigenvalue weighted by atomic mass is 35.5. The van der Waals surface area contributed by atoms with Crippen LogP contribution >= 0.6 is 11.6 Å². The number of halogens is 2. The number of nitrogens with one attached hydrogen (secondary N) is 1. The number of ether oxygens (including phenoxy) is 2. The van der Waals surface area contributed by atoms with E-state index in [-0.39, 0.29) is 29.7 Å². The van der Waals surface area contributed by atoms with Crippen molar-refractivity contribution in [3.05, 3.63) is 52.8 Å². The maximum atomic E-state index is 13.1. The van der Waals surface area contributed by atoms with Gasteiger partial charge in [-0.1, -0.05) is 17.7 Å². The number of aliphatic hydroxyl groups is 1. The van der Waals surface area contributed by atoms with E-state index in [9.17, 15) is 17.9 Å². The van der Waals surface area contributed by atoms with Gasteiger partial charge in [0.05, 0.1) is 16.0 Å². The largest absolute Gasteiger partial charge is 0.454 e. The maximum Gasteiger partial charge on any atom is 0.240 e. The van der Waals surface area contributed by atoms with Crippen molar-refractivity contribution in [2.24, 2.45) is 0 Å². The molecule has 1 aliphatic rings. The van der Waals surface area contributed by atoms with Crippen LogP contribution in [0.4, 0.5) is 4.39 Å². The number of hydrogen-bond donors (Lipinski definition) is 2. The Morgan fingerprint density at radius 3 is 2.72 bits per heavy atom. The lowest BCUT2D eigenvalue weighted by Crippen LogP contribution is -2.26. The quantitative estimate of drug-likeness (QED) is 0.795. The lowest BCUT2D eigenvalue weighted by atomic mass is 10.1. The normalized spacial score (nSPS) is 14.5. The minimum atomic E-state index is -3.84. The van der Waals surface area contributed by atoms with Crippen LogP contribution in [0.2, 0.25) is 5.02 Å². The van der Waals surface area contributed by atoms with Gasteiger partial charge in [0.25, 0.3) is 0 Å². The van der Waals surface area contributed by atoms with Crippen LogP contribution in [0.3, 0.4) is 0 Å². The molecule has 1 aliphatic heterocycles. The van der Waals surface area contributed by atoms with Gasteiger partial charge in [-0.2, -0.15) is 0 Å². The summed E-state index contributed by atoms with van der Waals surface area (Å²) in [7, 11) is -3.84. The van der Waals surface area contributed by atoms with Crippen LogP contribution in [-0.2, 0) is 10.0 Å². The Hall–Kier alpha value is -1.87. The smallest absolute Gasteiger partial charge is 0.240 e. The van der Waals surface area contributed by atoms with E-state index in [2.05, 4.69) is 4.72 Å². The van der Waals surface area contributed by atoms with E-state index in [1.807, 2.05) is 0 Å². The molecule has 0 unspecified atom stereocenters. The number of fused-ring (bicyclic) bond motifs is 1. The Kier molecular flexibility index (Phi) is 5.14. The van der Waals surface area contributed by atoms with Crippen LogP contribution in [0.15, 0.2) is 41.3 Å². The molecule has 0 saturated carbocycles. The molecule has 0 aromatic heterocycles. The SMILES string of the molecule is O=S(=O)(NCC[C@@H](O)c1ccc2c(c1)OCO2)c1ccc(F)c(Cl)c1. The Morgan fingerprint density at radius 2 is 1.96 bits per heavy atom. The van der Waals surface area contributed by atoms with Gasteiger partial charge in [-0.3, -0.25) is 0 Å². The van der Waals surface area contributed by atoms with Crippen molar-refractivity contribution in [2.75, 3.05) is 13.3 Å². The molecule has 2 aromatic rings. The topological polar surface area (TPSA) is 84.9 Å². The zero-order chi connectivity index (χ0) is 18.0. The van der Waals surface area contributed by atoms with Crippen LogP contribution < -0.4 is 14.2 Å². The number of rotatable bonds is 6. The first kappa shape index (κ1) is 17.9. The molecule has 3 rings (SSSR count). The summed E-state index contributed by atoms with van der Waals surface area (Å²) in [6.45, 7) is 0.127. The van der Waals surface area contributed by atoms with Gasteiger partial charge in [-0.15, -0.1) is 0 Å². The summed E-state index contributed by atoms with van der Waals surface area (Å²) in [5, 5.41) is 9.92. The Bertz CT molecular complexity index is 890. The predicted octanol–water partition coefficient (Wildman–Crippen LogP) is 2.61. The number of sulfonamides is 1. The molecule has 0 saturated heterocycles. The average Bonchev–Trinajstić information content (AvgIpc) is 3.04. The van der Waals surface area contributed by atoms with E-state index in [1.165, 1.54) is 0 Å². The molecule has 9 heteroatoms. The molecule has 6 nitrogen and oxygen atoms in total.